The largest absolute Gasteiger partial charge is 0.478 e. The Morgan fingerprint density at radius 2 is 2.00 bits per heavy atom. The number of carbonyl (C=O) groups is 1. The second-order valence-electron chi connectivity index (χ2n) is 7.15. The fraction of sp³-hybridized carbons (Fsp3) is 0.421. The summed E-state index contributed by atoms with van der Waals surface area (Å²) in [7, 11) is -3.05. The van der Waals surface area contributed by atoms with E-state index < -0.39 is 14.8 Å². The van der Waals surface area contributed by atoms with Crippen LogP contribution in [0.15, 0.2) is 24.3 Å². The summed E-state index contributed by atoms with van der Waals surface area (Å²) in [6.07, 6.45) is 0.526. The number of hydrogen-bond acceptors (Lipinski definition) is 6. The minimum Gasteiger partial charge on any atom is -0.478 e. The first-order chi connectivity index (χ1) is 13.1. The Morgan fingerprint density at radius 3 is 2.61 bits per heavy atom. The standard InChI is InChI=1S/C19H22N2O6S/c1-12-4-5-19(17(8-12)21(23)24)27-10-18(22)16-9-13(2)20(14(16)3)15-6-7-28(25,26)11-15/h4-5,8-9,15H,6-7,10-11H2,1-3H3/t15-/m0/s1. The van der Waals surface area contributed by atoms with Crippen LogP contribution in [0.3, 0.4) is 0 Å². The van der Waals surface area contributed by atoms with Crippen molar-refractivity contribution in [3.8, 4) is 5.75 Å². The number of sulfone groups is 1. The normalized spacial score (nSPS) is 18.2. The molecule has 0 saturated carbocycles. The van der Waals surface area contributed by atoms with Crippen LogP contribution in [-0.4, -0.2) is 41.8 Å². The minimum atomic E-state index is -3.05. The van der Waals surface area contributed by atoms with Crippen molar-refractivity contribution in [2.75, 3.05) is 18.1 Å². The number of nitro benzene ring substituents is 1. The molecule has 0 bridgehead atoms. The monoisotopic (exact) mass is 406 g/mol. The molecule has 1 atom stereocenters. The van der Waals surface area contributed by atoms with Gasteiger partial charge in [-0.1, -0.05) is 6.07 Å². The predicted octanol–water partition coefficient (Wildman–Crippen LogP) is 2.94. The van der Waals surface area contributed by atoms with Crippen molar-refractivity contribution in [1.29, 1.82) is 0 Å². The number of Topliss-reactive ketones (excluding diaryl/α,β-unsaturated/α-hetero) is 1. The lowest BCUT2D eigenvalue weighted by Crippen LogP contribution is -2.16. The second-order valence-corrected chi connectivity index (χ2v) is 9.38. The summed E-state index contributed by atoms with van der Waals surface area (Å²) in [4.78, 5) is 23.3. The molecule has 150 valence electrons. The zero-order valence-electron chi connectivity index (χ0n) is 16.0. The maximum Gasteiger partial charge on any atom is 0.311 e. The van der Waals surface area contributed by atoms with E-state index >= 15 is 0 Å². The predicted molar refractivity (Wildman–Crippen MR) is 104 cm³/mol. The molecule has 1 fully saturated rings. The Balaban J connectivity index is 1.79. The van der Waals surface area contributed by atoms with Crippen molar-refractivity contribution < 1.29 is 22.9 Å². The quantitative estimate of drug-likeness (QED) is 0.414. The van der Waals surface area contributed by atoms with Crippen LogP contribution in [0.4, 0.5) is 5.69 Å². The molecular formula is C19H22N2O6S. The highest BCUT2D eigenvalue weighted by molar-refractivity contribution is 7.91. The third-order valence-electron chi connectivity index (χ3n) is 5.03. The summed E-state index contributed by atoms with van der Waals surface area (Å²) in [6, 6.07) is 6.10. The van der Waals surface area contributed by atoms with Gasteiger partial charge in [0, 0.05) is 29.1 Å². The van der Waals surface area contributed by atoms with Crippen LogP contribution in [0.25, 0.3) is 0 Å². The average Bonchev–Trinajstić information content (AvgIpc) is 3.11. The first-order valence-electron chi connectivity index (χ1n) is 8.89. The zero-order valence-corrected chi connectivity index (χ0v) is 16.8. The number of carbonyl (C=O) groups excluding carboxylic acids is 1. The number of aryl methyl sites for hydroxylation is 2. The van der Waals surface area contributed by atoms with Gasteiger partial charge in [0.05, 0.1) is 16.4 Å². The van der Waals surface area contributed by atoms with E-state index in [1.807, 2.05) is 11.5 Å². The first kappa shape index (κ1) is 20.1. The molecule has 1 aliphatic heterocycles. The van der Waals surface area contributed by atoms with Gasteiger partial charge in [-0.15, -0.1) is 0 Å². The molecule has 2 heterocycles. The summed E-state index contributed by atoms with van der Waals surface area (Å²) >= 11 is 0. The number of benzene rings is 1. The van der Waals surface area contributed by atoms with Crippen molar-refractivity contribution in [3.63, 3.8) is 0 Å². The molecule has 1 aromatic heterocycles. The van der Waals surface area contributed by atoms with Gasteiger partial charge in [-0.3, -0.25) is 14.9 Å². The van der Waals surface area contributed by atoms with E-state index in [2.05, 4.69) is 0 Å². The van der Waals surface area contributed by atoms with Crippen LogP contribution in [-0.2, 0) is 9.84 Å². The van der Waals surface area contributed by atoms with Crippen LogP contribution in [0, 0.1) is 30.9 Å². The summed E-state index contributed by atoms with van der Waals surface area (Å²) in [6.45, 7) is 5.01. The van der Waals surface area contributed by atoms with Crippen LogP contribution in [0.1, 0.15) is 39.8 Å². The van der Waals surface area contributed by atoms with Gasteiger partial charge >= 0.3 is 5.69 Å². The van der Waals surface area contributed by atoms with E-state index in [1.165, 1.54) is 12.1 Å². The lowest BCUT2D eigenvalue weighted by Gasteiger charge is -2.16. The van der Waals surface area contributed by atoms with Gasteiger partial charge in [0.25, 0.3) is 0 Å². The molecule has 1 aliphatic rings. The molecule has 0 unspecified atom stereocenters. The number of hydrogen-bond donors (Lipinski definition) is 0. The van der Waals surface area contributed by atoms with Gasteiger partial charge in [0.2, 0.25) is 5.78 Å². The Kier molecular flexibility index (Phi) is 5.29. The van der Waals surface area contributed by atoms with Gasteiger partial charge in [-0.25, -0.2) is 8.42 Å². The average molecular weight is 406 g/mol. The molecule has 8 nitrogen and oxygen atoms in total. The first-order valence-corrected chi connectivity index (χ1v) is 10.7. The van der Waals surface area contributed by atoms with Crippen molar-refractivity contribution in [1.82, 2.24) is 4.57 Å². The van der Waals surface area contributed by atoms with E-state index in [0.29, 0.717) is 17.7 Å². The van der Waals surface area contributed by atoms with E-state index in [1.54, 1.807) is 26.0 Å². The third-order valence-corrected chi connectivity index (χ3v) is 6.78. The second kappa shape index (κ2) is 7.38. The van der Waals surface area contributed by atoms with Crippen molar-refractivity contribution in [3.05, 3.63) is 56.9 Å². The van der Waals surface area contributed by atoms with Crippen molar-refractivity contribution >= 4 is 21.3 Å². The number of rotatable bonds is 6. The third kappa shape index (κ3) is 3.94. The molecule has 28 heavy (non-hydrogen) atoms. The molecule has 0 amide bonds. The minimum absolute atomic E-state index is 0.0413. The van der Waals surface area contributed by atoms with Gasteiger partial charge in [-0.2, -0.15) is 0 Å². The summed E-state index contributed by atoms with van der Waals surface area (Å²) in [5.74, 6) is -0.0453. The van der Waals surface area contributed by atoms with E-state index in [-0.39, 0.29) is 41.4 Å². The van der Waals surface area contributed by atoms with E-state index in [9.17, 15) is 23.3 Å². The van der Waals surface area contributed by atoms with Gasteiger partial charge in [-0.05, 0) is 44.9 Å². The fourth-order valence-electron chi connectivity index (χ4n) is 3.71. The molecule has 9 heteroatoms. The molecule has 0 radical (unpaired) electrons. The maximum atomic E-state index is 12.7. The molecule has 0 aliphatic carbocycles. The van der Waals surface area contributed by atoms with Gasteiger partial charge < -0.3 is 9.30 Å². The summed E-state index contributed by atoms with van der Waals surface area (Å²) < 4.78 is 30.9. The number of nitro groups is 1. The van der Waals surface area contributed by atoms with Crippen molar-refractivity contribution in [2.45, 2.75) is 33.2 Å². The topological polar surface area (TPSA) is 109 Å². The maximum absolute atomic E-state index is 12.7. The Hall–Kier alpha value is -2.68. The molecule has 0 spiro atoms. The molecule has 1 aromatic carbocycles. The Labute approximate surface area is 163 Å². The summed E-state index contributed by atoms with van der Waals surface area (Å²) in [5, 5.41) is 11.2. The van der Waals surface area contributed by atoms with Gasteiger partial charge in [0.15, 0.2) is 22.2 Å². The molecule has 0 N–H and O–H groups in total. The highest BCUT2D eigenvalue weighted by Gasteiger charge is 2.31. The Morgan fingerprint density at radius 1 is 1.29 bits per heavy atom. The number of nitrogens with zero attached hydrogens (tertiary/aromatic N) is 2. The fourth-order valence-corrected chi connectivity index (χ4v) is 5.41. The molecular weight excluding hydrogens is 384 g/mol. The SMILES string of the molecule is Cc1ccc(OCC(=O)c2cc(C)n([C@H]3CCS(=O)(=O)C3)c2C)c([N+](=O)[O-])c1. The van der Waals surface area contributed by atoms with Crippen LogP contribution < -0.4 is 4.74 Å². The molecule has 2 aromatic rings. The number of ketones is 1. The van der Waals surface area contributed by atoms with Gasteiger partial charge in [0.1, 0.15) is 0 Å². The van der Waals surface area contributed by atoms with Crippen LogP contribution in [0.5, 0.6) is 5.75 Å². The van der Waals surface area contributed by atoms with Crippen molar-refractivity contribution in [2.24, 2.45) is 0 Å². The summed E-state index contributed by atoms with van der Waals surface area (Å²) in [5.41, 5.74) is 2.47. The molecule has 3 rings (SSSR count). The lowest BCUT2D eigenvalue weighted by atomic mass is 10.1. The van der Waals surface area contributed by atoms with Crippen LogP contribution in [0.2, 0.25) is 0 Å². The highest BCUT2D eigenvalue weighted by atomic mass is 32.2. The van der Waals surface area contributed by atoms with E-state index in [0.717, 1.165) is 11.3 Å². The lowest BCUT2D eigenvalue weighted by molar-refractivity contribution is -0.385. The highest BCUT2D eigenvalue weighted by Crippen LogP contribution is 2.30. The molecule has 1 saturated heterocycles. The Bertz CT molecular complexity index is 1050. The zero-order chi connectivity index (χ0) is 20.6. The van der Waals surface area contributed by atoms with E-state index in [4.69, 9.17) is 4.74 Å². The number of aromatic nitrogens is 1. The van der Waals surface area contributed by atoms with Crippen LogP contribution >= 0.6 is 0 Å². The number of ether oxygens (including phenoxy) is 1. The smallest absolute Gasteiger partial charge is 0.311 e.